The Labute approximate surface area is 217 Å². The van der Waals surface area contributed by atoms with Crippen molar-refractivity contribution in [2.45, 2.75) is 36.4 Å². The smallest absolute Gasteiger partial charge is 0.191 e. The molecule has 0 spiro atoms. The van der Waals surface area contributed by atoms with Crippen LogP contribution in [0.2, 0.25) is 0 Å². The standard InChI is InChI=1S/C29H24F2N4OS/c30-24-13-12-19(15-25(24)31)18-37-29-34-33-28(35(29)17-21-9-6-14-36-21)23-16-27(20-7-2-1-3-8-20)32-26-11-5-4-10-22(23)26/h1-5,7-8,10-13,15-16,21H,6,9,14,17-18H2/t21-/m0/s1. The third-order valence-corrected chi connectivity index (χ3v) is 7.54. The number of ether oxygens (including phenoxy) is 1. The average Bonchev–Trinajstić information content (AvgIpc) is 3.59. The van der Waals surface area contributed by atoms with Crippen LogP contribution >= 0.6 is 11.8 Å². The fourth-order valence-corrected chi connectivity index (χ4v) is 5.54. The zero-order chi connectivity index (χ0) is 25.2. The number of fused-ring (bicyclic) bond motifs is 1. The minimum atomic E-state index is -0.851. The molecule has 0 saturated carbocycles. The number of hydrogen-bond acceptors (Lipinski definition) is 5. The molecule has 3 heterocycles. The highest BCUT2D eigenvalue weighted by Gasteiger charge is 2.23. The van der Waals surface area contributed by atoms with E-state index in [2.05, 4.69) is 20.8 Å². The van der Waals surface area contributed by atoms with Crippen molar-refractivity contribution in [3.63, 3.8) is 0 Å². The Morgan fingerprint density at radius 1 is 0.919 bits per heavy atom. The number of hydrogen-bond donors (Lipinski definition) is 0. The lowest BCUT2D eigenvalue weighted by molar-refractivity contribution is 0.0953. The Kier molecular flexibility index (Phi) is 6.68. The predicted octanol–water partition coefficient (Wildman–Crippen LogP) is 6.91. The highest BCUT2D eigenvalue weighted by Crippen LogP contribution is 2.34. The van der Waals surface area contributed by atoms with Crippen LogP contribution in [0, 0.1) is 11.6 Å². The predicted molar refractivity (Wildman–Crippen MR) is 141 cm³/mol. The lowest BCUT2D eigenvalue weighted by atomic mass is 10.0. The van der Waals surface area contributed by atoms with Crippen LogP contribution in [-0.4, -0.2) is 32.5 Å². The van der Waals surface area contributed by atoms with Gasteiger partial charge in [-0.25, -0.2) is 13.8 Å². The summed E-state index contributed by atoms with van der Waals surface area (Å²) in [6.45, 7) is 1.36. The summed E-state index contributed by atoms with van der Waals surface area (Å²) in [5.74, 6) is -0.528. The van der Waals surface area contributed by atoms with E-state index >= 15 is 0 Å². The first-order valence-electron chi connectivity index (χ1n) is 12.2. The van der Waals surface area contributed by atoms with Crippen LogP contribution in [0.5, 0.6) is 0 Å². The monoisotopic (exact) mass is 514 g/mol. The number of halogens is 2. The van der Waals surface area contributed by atoms with Gasteiger partial charge in [0.25, 0.3) is 0 Å². The Morgan fingerprint density at radius 2 is 1.76 bits per heavy atom. The molecule has 0 aliphatic carbocycles. The fraction of sp³-hybridized carbons (Fsp3) is 0.207. The average molecular weight is 515 g/mol. The van der Waals surface area contributed by atoms with Crippen LogP contribution in [-0.2, 0) is 17.0 Å². The molecular weight excluding hydrogens is 490 g/mol. The number of nitrogens with zero attached hydrogens (tertiary/aromatic N) is 4. The van der Waals surface area contributed by atoms with Crippen LogP contribution < -0.4 is 0 Å². The summed E-state index contributed by atoms with van der Waals surface area (Å²) in [6.07, 6.45) is 2.06. The molecule has 2 aromatic heterocycles. The zero-order valence-corrected chi connectivity index (χ0v) is 20.8. The minimum absolute atomic E-state index is 0.0686. The zero-order valence-electron chi connectivity index (χ0n) is 20.0. The van der Waals surface area contributed by atoms with Crippen molar-refractivity contribution in [3.8, 4) is 22.6 Å². The van der Waals surface area contributed by atoms with Gasteiger partial charge in [-0.15, -0.1) is 10.2 Å². The molecule has 0 amide bonds. The van der Waals surface area contributed by atoms with Gasteiger partial charge in [-0.1, -0.05) is 66.4 Å². The van der Waals surface area contributed by atoms with Gasteiger partial charge < -0.3 is 4.74 Å². The molecule has 0 radical (unpaired) electrons. The summed E-state index contributed by atoms with van der Waals surface area (Å²) < 4.78 is 35.2. The van der Waals surface area contributed by atoms with E-state index in [4.69, 9.17) is 9.72 Å². The molecule has 186 valence electrons. The van der Waals surface area contributed by atoms with Crippen LogP contribution in [0.3, 0.4) is 0 Å². The van der Waals surface area contributed by atoms with Crippen LogP contribution in [0.15, 0.2) is 84.0 Å². The first-order valence-corrected chi connectivity index (χ1v) is 13.2. The molecule has 5 nitrogen and oxygen atoms in total. The van der Waals surface area contributed by atoms with E-state index in [-0.39, 0.29) is 6.10 Å². The van der Waals surface area contributed by atoms with Gasteiger partial charge >= 0.3 is 0 Å². The number of benzene rings is 3. The van der Waals surface area contributed by atoms with E-state index in [1.807, 2.05) is 54.6 Å². The number of aromatic nitrogens is 4. The SMILES string of the molecule is Fc1ccc(CSc2nnc(-c3cc(-c4ccccc4)nc4ccccc34)n2C[C@@H]2CCCO2)cc1F. The lowest BCUT2D eigenvalue weighted by Crippen LogP contribution is -2.16. The maximum absolute atomic E-state index is 13.8. The van der Waals surface area contributed by atoms with E-state index in [0.717, 1.165) is 59.1 Å². The summed E-state index contributed by atoms with van der Waals surface area (Å²) in [5.41, 5.74) is 4.37. The molecule has 1 aliphatic heterocycles. The topological polar surface area (TPSA) is 52.8 Å². The Balaban J connectivity index is 1.43. The van der Waals surface area contributed by atoms with Crippen LogP contribution in [0.1, 0.15) is 18.4 Å². The quantitative estimate of drug-likeness (QED) is 0.221. The molecule has 1 atom stereocenters. The van der Waals surface area contributed by atoms with Crippen molar-refractivity contribution in [1.82, 2.24) is 19.7 Å². The highest BCUT2D eigenvalue weighted by atomic mass is 32.2. The molecule has 0 unspecified atom stereocenters. The molecular formula is C29H24F2N4OS. The molecule has 0 N–H and O–H groups in total. The van der Waals surface area contributed by atoms with Gasteiger partial charge in [-0.3, -0.25) is 4.57 Å². The van der Waals surface area contributed by atoms with E-state index in [1.165, 1.54) is 17.8 Å². The van der Waals surface area contributed by atoms with Crippen LogP contribution in [0.25, 0.3) is 33.5 Å². The van der Waals surface area contributed by atoms with Crippen LogP contribution in [0.4, 0.5) is 8.78 Å². The van der Waals surface area contributed by atoms with Crippen molar-refractivity contribution in [2.24, 2.45) is 0 Å². The van der Waals surface area contributed by atoms with Crippen molar-refractivity contribution < 1.29 is 13.5 Å². The molecule has 6 rings (SSSR count). The van der Waals surface area contributed by atoms with Crippen molar-refractivity contribution >= 4 is 22.7 Å². The summed E-state index contributed by atoms with van der Waals surface area (Å²) in [4.78, 5) is 4.91. The number of pyridine rings is 1. The van der Waals surface area contributed by atoms with Gasteiger partial charge in [0.15, 0.2) is 22.6 Å². The molecule has 8 heteroatoms. The first-order chi connectivity index (χ1) is 18.2. The molecule has 3 aromatic carbocycles. The molecule has 1 saturated heterocycles. The first kappa shape index (κ1) is 23.8. The minimum Gasteiger partial charge on any atom is -0.376 e. The molecule has 1 fully saturated rings. The molecule has 1 aliphatic rings. The summed E-state index contributed by atoms with van der Waals surface area (Å²) in [7, 11) is 0. The van der Waals surface area contributed by atoms with Crippen molar-refractivity contribution in [2.75, 3.05) is 6.61 Å². The number of para-hydroxylation sites is 1. The maximum atomic E-state index is 13.8. The van der Waals surface area contributed by atoms with Gasteiger partial charge in [0.2, 0.25) is 0 Å². The second kappa shape index (κ2) is 10.4. The fourth-order valence-electron chi connectivity index (χ4n) is 4.65. The number of thioether (sulfide) groups is 1. The Bertz CT molecular complexity index is 1550. The van der Waals surface area contributed by atoms with Gasteiger partial charge in [0.1, 0.15) is 0 Å². The van der Waals surface area contributed by atoms with Gasteiger partial charge in [0.05, 0.1) is 23.9 Å². The molecule has 5 aromatic rings. The second-order valence-electron chi connectivity index (χ2n) is 9.03. The highest BCUT2D eigenvalue weighted by molar-refractivity contribution is 7.98. The summed E-state index contributed by atoms with van der Waals surface area (Å²) in [6, 6.07) is 24.1. The Morgan fingerprint density at radius 3 is 2.57 bits per heavy atom. The summed E-state index contributed by atoms with van der Waals surface area (Å²) in [5, 5.41) is 10.9. The number of rotatable bonds is 7. The van der Waals surface area contributed by atoms with Crippen molar-refractivity contribution in [3.05, 3.63) is 96.1 Å². The van der Waals surface area contributed by atoms with E-state index < -0.39 is 11.6 Å². The van der Waals surface area contributed by atoms with Gasteiger partial charge in [-0.05, 0) is 42.7 Å². The third-order valence-electron chi connectivity index (χ3n) is 6.51. The molecule has 37 heavy (non-hydrogen) atoms. The second-order valence-corrected chi connectivity index (χ2v) is 9.97. The Hall–Kier alpha value is -3.62. The third kappa shape index (κ3) is 4.99. The largest absolute Gasteiger partial charge is 0.376 e. The maximum Gasteiger partial charge on any atom is 0.191 e. The van der Waals surface area contributed by atoms with Gasteiger partial charge in [0, 0.05) is 28.9 Å². The lowest BCUT2D eigenvalue weighted by Gasteiger charge is -2.16. The van der Waals surface area contributed by atoms with Gasteiger partial charge in [-0.2, -0.15) is 0 Å². The van der Waals surface area contributed by atoms with Crippen molar-refractivity contribution in [1.29, 1.82) is 0 Å². The van der Waals surface area contributed by atoms with E-state index in [1.54, 1.807) is 6.07 Å². The van der Waals surface area contributed by atoms with E-state index in [9.17, 15) is 8.78 Å². The summed E-state index contributed by atoms with van der Waals surface area (Å²) >= 11 is 1.45. The molecule has 0 bridgehead atoms. The normalized spacial score (nSPS) is 15.5. The van der Waals surface area contributed by atoms with E-state index in [0.29, 0.717) is 23.0 Å².